The molecule has 1 aromatic rings. The van der Waals surface area contributed by atoms with Crippen LogP contribution < -0.4 is 5.32 Å². The maximum atomic E-state index is 16.4. The number of fused-ring (bicyclic) bond motifs is 6. The van der Waals surface area contributed by atoms with Gasteiger partial charge in [-0.05, 0) is 159 Å². The van der Waals surface area contributed by atoms with Crippen molar-refractivity contribution in [2.75, 3.05) is 26.4 Å². The topological polar surface area (TPSA) is 181 Å². The second kappa shape index (κ2) is 14.6. The molecule has 0 amide bonds. The van der Waals surface area contributed by atoms with E-state index in [9.17, 15) is 20.1 Å². The zero-order valence-electron chi connectivity index (χ0n) is 43.1. The number of cyclic esters (lactones) is 2. The number of Topliss-reactive ketones (excluding diaryl/α,β-unsaturated/α-hetero) is 1. The molecule has 26 unspecified atom stereocenters. The molecule has 5 saturated heterocycles. The maximum absolute atomic E-state index is 16.4. The summed E-state index contributed by atoms with van der Waals surface area (Å²) in [5, 5.41) is 39.5. The lowest BCUT2D eigenvalue weighted by Gasteiger charge is -2.70. The van der Waals surface area contributed by atoms with Gasteiger partial charge < -0.3 is 43.6 Å². The summed E-state index contributed by atoms with van der Waals surface area (Å²) in [6, 6.07) is 2.38. The van der Waals surface area contributed by atoms with Crippen LogP contribution in [-0.4, -0.2) is 106 Å². The summed E-state index contributed by atoms with van der Waals surface area (Å²) in [7, 11) is 0. The summed E-state index contributed by atoms with van der Waals surface area (Å²) in [5.74, 6) is 0.233. The number of aliphatic hydroxyl groups is 3. The van der Waals surface area contributed by atoms with E-state index in [-0.39, 0.29) is 60.5 Å². The number of ketones is 1. The molecule has 4 N–H and O–H groups in total. The third-order valence-corrected chi connectivity index (χ3v) is 26.0. The van der Waals surface area contributed by atoms with Crippen molar-refractivity contribution >= 4 is 17.7 Å². The van der Waals surface area contributed by atoms with Crippen LogP contribution >= 0.6 is 0 Å². The van der Waals surface area contributed by atoms with Crippen molar-refractivity contribution in [3.63, 3.8) is 0 Å². The van der Waals surface area contributed by atoms with Crippen LogP contribution in [0.5, 0.6) is 0 Å². The summed E-state index contributed by atoms with van der Waals surface area (Å²) >= 11 is 0. The highest BCUT2D eigenvalue weighted by Gasteiger charge is 2.97. The average Bonchev–Trinajstić information content (AvgIpc) is 3.95. The van der Waals surface area contributed by atoms with E-state index in [0.717, 1.165) is 64.6 Å². The van der Waals surface area contributed by atoms with Gasteiger partial charge in [-0.15, -0.1) is 0 Å². The Morgan fingerprint density at radius 3 is 2.66 bits per heavy atom. The Kier molecular flexibility index (Phi) is 9.18. The van der Waals surface area contributed by atoms with Crippen molar-refractivity contribution in [3.05, 3.63) is 59.7 Å². The third-order valence-electron chi connectivity index (χ3n) is 26.0. The maximum Gasteiger partial charge on any atom is 0.339 e. The number of ether oxygens (including phenoxy) is 4. The molecule has 4 spiro atoms. The van der Waals surface area contributed by atoms with E-state index in [0.29, 0.717) is 59.8 Å². The molecule has 13 nitrogen and oxygen atoms in total. The minimum absolute atomic E-state index is 0.0313. The summed E-state index contributed by atoms with van der Waals surface area (Å²) in [4.78, 5) is 49.0. The highest BCUT2D eigenvalue weighted by Crippen LogP contribution is 2.89. The van der Waals surface area contributed by atoms with Crippen LogP contribution in [0.15, 0.2) is 52.8 Å². The predicted molar refractivity (Wildman–Crippen MR) is 262 cm³/mol. The predicted octanol–water partition coefficient (Wildman–Crippen LogP) is 6.60. The fourth-order valence-electron chi connectivity index (χ4n) is 23.7. The van der Waals surface area contributed by atoms with E-state index in [1.54, 1.807) is 6.26 Å². The molecule has 1 aromatic heterocycles. The summed E-state index contributed by atoms with van der Waals surface area (Å²) in [5.41, 5.74) is -5.27. The van der Waals surface area contributed by atoms with Crippen molar-refractivity contribution in [2.24, 2.45) is 105 Å². The zero-order chi connectivity index (χ0) is 49.7. The molecule has 7 saturated carbocycles. The average molecular weight is 1000 g/mol. The van der Waals surface area contributed by atoms with Crippen LogP contribution in [0.25, 0.3) is 0 Å². The number of allylic oxidation sites excluding steroid dienone is 3. The molecule has 5 bridgehead atoms. The molecule has 8 heterocycles. The molecular weight excluding hydrogens is 925 g/mol. The molecule has 12 fully saturated rings. The minimum atomic E-state index is -1.50. The fourth-order valence-corrected chi connectivity index (χ4v) is 23.7. The van der Waals surface area contributed by atoms with Gasteiger partial charge in [0.05, 0.1) is 48.5 Å². The van der Waals surface area contributed by atoms with E-state index in [2.05, 4.69) is 68.4 Å². The van der Waals surface area contributed by atoms with E-state index in [4.69, 9.17) is 23.4 Å². The molecule has 16 rings (SSSR count). The first kappa shape index (κ1) is 45.8. The second-order valence-corrected chi connectivity index (χ2v) is 27.9. The van der Waals surface area contributed by atoms with Gasteiger partial charge in [0.15, 0.2) is 11.9 Å². The Bertz CT molecular complexity index is 2700. The van der Waals surface area contributed by atoms with Crippen molar-refractivity contribution < 1.29 is 53.1 Å². The van der Waals surface area contributed by atoms with Crippen molar-refractivity contribution in [2.45, 2.75) is 158 Å². The SMILES string of the molecule is CC1C(C2C=C3CC4CCCC45CC4CC6(C)C(c7ccoc7CC(C(O)CO)C7CCC8C(C=CN9CNCC89)C7)OC(=O)C7OC76C6(C)C(O)C(=O)C7C2(C)OC32C5C(=O)OCC72C46)C=CC2CCCC21. The van der Waals surface area contributed by atoms with Crippen molar-refractivity contribution in [1.82, 2.24) is 10.2 Å². The van der Waals surface area contributed by atoms with E-state index in [1.807, 2.05) is 6.07 Å². The van der Waals surface area contributed by atoms with Gasteiger partial charge in [-0.3, -0.25) is 14.9 Å². The van der Waals surface area contributed by atoms with Crippen molar-refractivity contribution in [1.29, 1.82) is 0 Å². The number of nitrogens with zero attached hydrogens (tertiary/aromatic N) is 1. The molecule has 26 atom stereocenters. The van der Waals surface area contributed by atoms with Gasteiger partial charge in [0.25, 0.3) is 0 Å². The number of carbonyl (C=O) groups excluding carboxylic acids is 3. The third kappa shape index (κ3) is 5.02. The monoisotopic (exact) mass is 1000 g/mol. The van der Waals surface area contributed by atoms with E-state index in [1.165, 1.54) is 24.8 Å². The van der Waals surface area contributed by atoms with Crippen LogP contribution in [0.1, 0.15) is 122 Å². The van der Waals surface area contributed by atoms with Gasteiger partial charge in [-0.2, -0.15) is 0 Å². The fraction of sp³-hybridized carbons (Fsp3) is 0.783. The van der Waals surface area contributed by atoms with Gasteiger partial charge in [0.1, 0.15) is 35.8 Å². The first-order valence-corrected chi connectivity index (χ1v) is 29.0. The van der Waals surface area contributed by atoms with Gasteiger partial charge in [0.2, 0.25) is 0 Å². The van der Waals surface area contributed by atoms with Crippen molar-refractivity contribution in [3.8, 4) is 0 Å². The Morgan fingerprint density at radius 2 is 1.81 bits per heavy atom. The lowest BCUT2D eigenvalue weighted by atomic mass is 9.32. The number of aliphatic hydroxyl groups excluding tert-OH is 3. The lowest BCUT2D eigenvalue weighted by molar-refractivity contribution is -0.281. The second-order valence-electron chi connectivity index (χ2n) is 27.9. The molecular formula is C60H76N2O11. The highest BCUT2D eigenvalue weighted by atomic mass is 16.7. The Labute approximate surface area is 428 Å². The van der Waals surface area contributed by atoms with Crippen LogP contribution in [0.2, 0.25) is 0 Å². The summed E-state index contributed by atoms with van der Waals surface area (Å²) < 4.78 is 35.2. The first-order valence-electron chi connectivity index (χ1n) is 29.0. The van der Waals surface area contributed by atoms with Crippen LogP contribution in [0.3, 0.4) is 0 Å². The van der Waals surface area contributed by atoms with Crippen LogP contribution in [0, 0.1) is 105 Å². The number of carbonyl (C=O) groups is 3. The van der Waals surface area contributed by atoms with Gasteiger partial charge in [0, 0.05) is 41.3 Å². The molecule has 7 aliphatic heterocycles. The Hall–Kier alpha value is -3.33. The lowest BCUT2D eigenvalue weighted by Crippen LogP contribution is -2.80. The zero-order valence-corrected chi connectivity index (χ0v) is 43.1. The Morgan fingerprint density at radius 1 is 0.945 bits per heavy atom. The number of hydrogen-bond donors (Lipinski definition) is 4. The van der Waals surface area contributed by atoms with E-state index >= 15 is 9.59 Å². The number of furan rings is 1. The largest absolute Gasteiger partial charge is 0.469 e. The molecule has 15 aliphatic rings. The van der Waals surface area contributed by atoms with Gasteiger partial charge >= 0.3 is 11.9 Å². The number of esters is 2. The standard InChI is InChI=1S/C60H76N2O11/c1-29-36-9-5-7-30(36)10-12-37(29)41-21-35-20-34-8-6-16-57(34)24-33-23-54(2)50(39-15-18-69-44(39)22-40(43(64)26-63)31-11-13-38-32(19-31)14-17-62-28-61-25-42(38)62)71-53(68)51-60(54,72-51)55(3)46(33)58-27-70-52(67)48(57)59(35,58)73-56(41,4)47(58)45(65)49(55)66/h10,12,14-15,17-18,21,29-34,36-38,40-43,46-51,61,63-64,66H,5-9,11,13,16,19-20,22-28H2,1-4H3. The first-order chi connectivity index (χ1) is 35.1. The molecule has 8 aliphatic carbocycles. The number of hydrogen-bond acceptors (Lipinski definition) is 13. The van der Waals surface area contributed by atoms with Crippen LogP contribution in [0.4, 0.5) is 0 Å². The number of epoxide rings is 1. The summed E-state index contributed by atoms with van der Waals surface area (Å²) in [6.07, 6.45) is 21.2. The van der Waals surface area contributed by atoms with Gasteiger partial charge in [-0.25, -0.2) is 4.79 Å². The molecule has 392 valence electrons. The minimum Gasteiger partial charge on any atom is -0.469 e. The molecule has 0 aromatic carbocycles. The van der Waals surface area contributed by atoms with E-state index < -0.39 is 86.6 Å². The molecule has 13 heteroatoms. The van der Waals surface area contributed by atoms with Gasteiger partial charge in [-0.1, -0.05) is 57.9 Å². The molecule has 73 heavy (non-hydrogen) atoms. The summed E-state index contributed by atoms with van der Waals surface area (Å²) in [6.45, 7) is 10.3. The highest BCUT2D eigenvalue weighted by molar-refractivity contribution is 5.94. The Balaban J connectivity index is 0.829. The quantitative estimate of drug-likeness (QED) is 0.131. The number of rotatable bonds is 7. The smallest absolute Gasteiger partial charge is 0.339 e. The molecule has 0 radical (unpaired) electrons. The van der Waals surface area contributed by atoms with Crippen LogP contribution in [-0.2, 0) is 39.8 Å². The normalized spacial score (nSPS) is 56.5. The number of nitrogens with one attached hydrogen (secondary N) is 1.